The zero-order valence-electron chi connectivity index (χ0n) is 8.22. The molecule has 1 saturated heterocycles. The van der Waals surface area contributed by atoms with Gasteiger partial charge in [-0.05, 0) is 37.1 Å². The molecule has 3 heteroatoms. The highest BCUT2D eigenvalue weighted by molar-refractivity contribution is 6.32. The first kappa shape index (κ1) is 9.81. The van der Waals surface area contributed by atoms with E-state index in [2.05, 4.69) is 11.4 Å². The third-order valence-electron chi connectivity index (χ3n) is 2.63. The molecule has 0 spiro atoms. The quantitative estimate of drug-likeness (QED) is 0.827. The third kappa shape index (κ3) is 1.86. The monoisotopic (exact) mass is 211 g/mol. The Kier molecular flexibility index (Phi) is 2.94. The van der Waals surface area contributed by atoms with Crippen LogP contribution >= 0.6 is 11.6 Å². The Morgan fingerprint density at radius 1 is 1.50 bits per heavy atom. The first-order valence-corrected chi connectivity index (χ1v) is 5.21. The van der Waals surface area contributed by atoms with Crippen LogP contribution in [0.3, 0.4) is 0 Å². The molecule has 1 N–H and O–H groups in total. The summed E-state index contributed by atoms with van der Waals surface area (Å²) in [6.07, 6.45) is 1.05. The van der Waals surface area contributed by atoms with Gasteiger partial charge >= 0.3 is 0 Å². The van der Waals surface area contributed by atoms with Crippen LogP contribution in [0.15, 0.2) is 18.2 Å². The molecule has 1 aliphatic rings. The molecule has 0 saturated carbocycles. The molecule has 1 aliphatic heterocycles. The summed E-state index contributed by atoms with van der Waals surface area (Å²) < 4.78 is 5.29. The van der Waals surface area contributed by atoms with Crippen LogP contribution in [0.4, 0.5) is 0 Å². The number of halogens is 1. The minimum Gasteiger partial charge on any atom is -0.495 e. The van der Waals surface area contributed by atoms with Gasteiger partial charge in [-0.15, -0.1) is 0 Å². The van der Waals surface area contributed by atoms with Crippen molar-refractivity contribution in [2.75, 3.05) is 20.2 Å². The van der Waals surface area contributed by atoms with E-state index in [1.807, 2.05) is 12.1 Å². The average molecular weight is 212 g/mol. The van der Waals surface area contributed by atoms with Gasteiger partial charge in [-0.1, -0.05) is 23.7 Å². The lowest BCUT2D eigenvalue weighted by molar-refractivity contribution is 0.338. The van der Waals surface area contributed by atoms with Crippen LogP contribution in [0.1, 0.15) is 5.56 Å². The van der Waals surface area contributed by atoms with Gasteiger partial charge in [0.05, 0.1) is 12.1 Å². The second-order valence-corrected chi connectivity index (χ2v) is 4.07. The van der Waals surface area contributed by atoms with Crippen LogP contribution in [0.2, 0.25) is 5.02 Å². The number of benzene rings is 1. The molecule has 0 aliphatic carbocycles. The molecular formula is C11H14ClNO. The van der Waals surface area contributed by atoms with Gasteiger partial charge in [0.15, 0.2) is 0 Å². The van der Waals surface area contributed by atoms with Gasteiger partial charge in [0.1, 0.15) is 5.75 Å². The van der Waals surface area contributed by atoms with Crippen molar-refractivity contribution in [1.29, 1.82) is 0 Å². The Morgan fingerprint density at radius 2 is 2.29 bits per heavy atom. The summed E-state index contributed by atoms with van der Waals surface area (Å²) in [5, 5.41) is 3.97. The summed E-state index contributed by atoms with van der Waals surface area (Å²) in [7, 11) is 1.67. The number of rotatable bonds is 3. The second-order valence-electron chi connectivity index (χ2n) is 3.66. The van der Waals surface area contributed by atoms with Crippen molar-refractivity contribution in [2.45, 2.75) is 6.42 Å². The Morgan fingerprint density at radius 3 is 2.86 bits per heavy atom. The fourth-order valence-electron chi connectivity index (χ4n) is 1.75. The Bertz CT molecular complexity index is 323. The van der Waals surface area contributed by atoms with Gasteiger partial charge in [0.2, 0.25) is 0 Å². The van der Waals surface area contributed by atoms with Crippen LogP contribution in [-0.4, -0.2) is 20.2 Å². The van der Waals surface area contributed by atoms with E-state index in [9.17, 15) is 0 Å². The molecule has 1 fully saturated rings. The van der Waals surface area contributed by atoms with Crippen LogP contribution in [-0.2, 0) is 6.42 Å². The maximum Gasteiger partial charge on any atom is 0.140 e. The number of hydrogen-bond donors (Lipinski definition) is 1. The third-order valence-corrected chi connectivity index (χ3v) is 2.92. The fraction of sp³-hybridized carbons (Fsp3) is 0.455. The number of nitrogens with one attached hydrogen (secondary N) is 1. The van der Waals surface area contributed by atoms with Gasteiger partial charge in [-0.25, -0.2) is 0 Å². The molecule has 0 radical (unpaired) electrons. The summed E-state index contributed by atoms with van der Waals surface area (Å²) in [5.41, 5.74) is 1.21. The van der Waals surface area contributed by atoms with Crippen LogP contribution in [0.25, 0.3) is 0 Å². The van der Waals surface area contributed by atoms with Crippen molar-refractivity contribution >= 4 is 11.6 Å². The lowest BCUT2D eigenvalue weighted by Gasteiger charge is -2.27. The first-order chi connectivity index (χ1) is 6.81. The van der Waals surface area contributed by atoms with Crippen molar-refractivity contribution in [2.24, 2.45) is 5.92 Å². The van der Waals surface area contributed by atoms with E-state index in [1.54, 1.807) is 7.11 Å². The molecule has 0 atom stereocenters. The summed E-state index contributed by atoms with van der Waals surface area (Å²) in [6, 6.07) is 5.93. The highest BCUT2D eigenvalue weighted by Crippen LogP contribution is 2.30. The predicted molar refractivity (Wildman–Crippen MR) is 58.1 cm³/mol. The van der Waals surface area contributed by atoms with E-state index in [1.165, 1.54) is 5.56 Å². The van der Waals surface area contributed by atoms with Crippen molar-refractivity contribution in [3.05, 3.63) is 28.8 Å². The first-order valence-electron chi connectivity index (χ1n) is 4.83. The maximum absolute atomic E-state index is 6.03. The topological polar surface area (TPSA) is 21.3 Å². The minimum atomic E-state index is 0.706. The molecule has 0 amide bonds. The number of hydrogen-bond acceptors (Lipinski definition) is 2. The van der Waals surface area contributed by atoms with E-state index >= 15 is 0 Å². The second kappa shape index (κ2) is 4.20. The van der Waals surface area contributed by atoms with E-state index in [4.69, 9.17) is 16.3 Å². The summed E-state index contributed by atoms with van der Waals surface area (Å²) in [5.74, 6) is 1.57. The molecule has 2 nitrogen and oxygen atoms in total. The normalized spacial score (nSPS) is 16.4. The lowest BCUT2D eigenvalue weighted by atomic mass is 9.94. The molecule has 1 aromatic carbocycles. The van der Waals surface area contributed by atoms with E-state index in [-0.39, 0.29) is 0 Å². The number of methoxy groups -OCH3 is 1. The Hall–Kier alpha value is -0.730. The average Bonchev–Trinajstić information content (AvgIpc) is 2.11. The lowest BCUT2D eigenvalue weighted by Crippen LogP contribution is -2.43. The molecule has 2 rings (SSSR count). The highest BCUT2D eigenvalue weighted by Gasteiger charge is 2.19. The van der Waals surface area contributed by atoms with E-state index in [0.717, 1.165) is 31.2 Å². The molecule has 0 bridgehead atoms. The minimum absolute atomic E-state index is 0.706. The van der Waals surface area contributed by atoms with Crippen molar-refractivity contribution < 1.29 is 4.74 Å². The molecular weight excluding hydrogens is 198 g/mol. The molecule has 1 aromatic rings. The van der Waals surface area contributed by atoms with Crippen LogP contribution < -0.4 is 10.1 Å². The molecule has 14 heavy (non-hydrogen) atoms. The smallest absolute Gasteiger partial charge is 0.140 e. The summed E-state index contributed by atoms with van der Waals surface area (Å²) in [4.78, 5) is 0. The predicted octanol–water partition coefficient (Wildman–Crippen LogP) is 2.11. The van der Waals surface area contributed by atoms with Crippen molar-refractivity contribution in [3.63, 3.8) is 0 Å². The molecule has 0 unspecified atom stereocenters. The maximum atomic E-state index is 6.03. The van der Waals surface area contributed by atoms with Gasteiger partial charge in [-0.3, -0.25) is 0 Å². The Balaban J connectivity index is 2.17. The van der Waals surface area contributed by atoms with Crippen molar-refractivity contribution in [1.82, 2.24) is 5.32 Å². The van der Waals surface area contributed by atoms with Gasteiger partial charge in [0, 0.05) is 0 Å². The molecule has 0 aromatic heterocycles. The Labute approximate surface area is 89.2 Å². The van der Waals surface area contributed by atoms with E-state index in [0.29, 0.717) is 5.02 Å². The molecule has 1 heterocycles. The highest BCUT2D eigenvalue weighted by atomic mass is 35.5. The van der Waals surface area contributed by atoms with Crippen molar-refractivity contribution in [3.8, 4) is 5.75 Å². The van der Waals surface area contributed by atoms with Crippen LogP contribution in [0, 0.1) is 5.92 Å². The standard InChI is InChI=1S/C11H14ClNO/c1-14-11-9(3-2-4-10(11)12)5-8-6-13-7-8/h2-4,8,13H,5-7H2,1H3. The van der Waals surface area contributed by atoms with E-state index < -0.39 is 0 Å². The summed E-state index contributed by atoms with van der Waals surface area (Å²) >= 11 is 6.03. The van der Waals surface area contributed by atoms with Crippen LogP contribution in [0.5, 0.6) is 5.75 Å². The zero-order valence-corrected chi connectivity index (χ0v) is 8.97. The SMILES string of the molecule is COc1c(Cl)cccc1CC1CNC1. The van der Waals surface area contributed by atoms with Gasteiger partial charge in [0.25, 0.3) is 0 Å². The van der Waals surface area contributed by atoms with Gasteiger partial charge < -0.3 is 10.1 Å². The number of ether oxygens (including phenoxy) is 1. The fourth-order valence-corrected chi connectivity index (χ4v) is 2.02. The van der Waals surface area contributed by atoms with Gasteiger partial charge in [-0.2, -0.15) is 0 Å². The zero-order chi connectivity index (χ0) is 9.97. The number of para-hydroxylation sites is 1. The molecule has 76 valence electrons. The largest absolute Gasteiger partial charge is 0.495 e. The summed E-state index contributed by atoms with van der Waals surface area (Å²) in [6.45, 7) is 2.21.